The van der Waals surface area contributed by atoms with Gasteiger partial charge in [-0.25, -0.2) is 0 Å². The zero-order valence-corrected chi connectivity index (χ0v) is 10.9. The van der Waals surface area contributed by atoms with Crippen LogP contribution in [0.2, 0.25) is 0 Å². The Balaban J connectivity index is 2.57. The first-order valence-corrected chi connectivity index (χ1v) is 6.10. The van der Waals surface area contributed by atoms with Crippen molar-refractivity contribution >= 4 is 17.3 Å². The van der Waals surface area contributed by atoms with E-state index in [2.05, 4.69) is 5.32 Å². The molecule has 0 saturated carbocycles. The Morgan fingerprint density at radius 3 is 2.57 bits per heavy atom. The number of nitrogens with two attached hydrogens (primary N) is 1. The van der Waals surface area contributed by atoms with Gasteiger partial charge in [-0.1, -0.05) is 6.07 Å². The Bertz CT molecular complexity index is 532. The number of carbonyl (C=O) groups excluding carboxylic acids is 1. The van der Waals surface area contributed by atoms with Crippen molar-refractivity contribution in [3.63, 3.8) is 0 Å². The lowest BCUT2D eigenvalue weighted by Crippen LogP contribution is -2.25. The first kappa shape index (κ1) is 16.7. The third-order valence-electron chi connectivity index (χ3n) is 2.67. The molecule has 1 rings (SSSR count). The monoisotopic (exact) mass is 305 g/mol. The maximum absolute atomic E-state index is 11.9. The fourth-order valence-corrected chi connectivity index (χ4v) is 1.70. The highest BCUT2D eigenvalue weighted by atomic mass is 19.4. The summed E-state index contributed by atoms with van der Waals surface area (Å²) >= 11 is 0. The number of nitrogens with one attached hydrogen (secondary N) is 1. The molecule has 9 heteroatoms. The first-order chi connectivity index (χ1) is 9.72. The molecule has 0 aliphatic carbocycles. The number of nitrogens with zero attached hydrogens (tertiary/aromatic N) is 1. The van der Waals surface area contributed by atoms with E-state index in [1.165, 1.54) is 18.2 Å². The Hall–Kier alpha value is -2.32. The topological polar surface area (TPSA) is 98.3 Å². The molecule has 0 saturated heterocycles. The van der Waals surface area contributed by atoms with Gasteiger partial charge in [0.15, 0.2) is 0 Å². The van der Waals surface area contributed by atoms with Crippen molar-refractivity contribution in [1.82, 2.24) is 5.32 Å². The summed E-state index contributed by atoms with van der Waals surface area (Å²) in [6, 6.07) is 3.92. The fraction of sp³-hybridized carbons (Fsp3) is 0.417. The summed E-state index contributed by atoms with van der Waals surface area (Å²) in [5.41, 5.74) is 4.57. The summed E-state index contributed by atoms with van der Waals surface area (Å²) < 4.78 is 35.7. The van der Waals surface area contributed by atoms with Gasteiger partial charge in [-0.3, -0.25) is 14.9 Å². The molecule has 1 amide bonds. The largest absolute Gasteiger partial charge is 0.393 e. The van der Waals surface area contributed by atoms with Crippen LogP contribution in [0.25, 0.3) is 0 Å². The number of amides is 1. The first-order valence-electron chi connectivity index (χ1n) is 6.10. The summed E-state index contributed by atoms with van der Waals surface area (Å²) in [6.07, 6.45) is -5.15. The normalized spacial score (nSPS) is 11.2. The van der Waals surface area contributed by atoms with Crippen LogP contribution >= 0.6 is 0 Å². The number of unbranched alkanes of at least 4 members (excludes halogenated alkanes) is 1. The number of carbonyl (C=O) groups is 1. The molecule has 0 radical (unpaired) electrons. The summed E-state index contributed by atoms with van der Waals surface area (Å²) in [7, 11) is 0. The summed E-state index contributed by atoms with van der Waals surface area (Å²) in [5, 5.41) is 13.2. The van der Waals surface area contributed by atoms with E-state index in [-0.39, 0.29) is 30.6 Å². The van der Waals surface area contributed by atoms with E-state index in [9.17, 15) is 28.1 Å². The van der Waals surface area contributed by atoms with E-state index in [0.717, 1.165) is 0 Å². The highest BCUT2D eigenvalue weighted by Gasteiger charge is 2.26. The second-order valence-corrected chi connectivity index (χ2v) is 4.33. The Kier molecular flexibility index (Phi) is 5.51. The van der Waals surface area contributed by atoms with Crippen LogP contribution in [0, 0.1) is 10.1 Å². The van der Waals surface area contributed by atoms with E-state index in [0.29, 0.717) is 0 Å². The lowest BCUT2D eigenvalue weighted by molar-refractivity contribution is -0.384. The third-order valence-corrected chi connectivity index (χ3v) is 2.67. The Morgan fingerprint density at radius 2 is 2.00 bits per heavy atom. The van der Waals surface area contributed by atoms with E-state index in [1.54, 1.807) is 0 Å². The van der Waals surface area contributed by atoms with Crippen LogP contribution in [0.15, 0.2) is 18.2 Å². The van der Waals surface area contributed by atoms with Gasteiger partial charge in [-0.15, -0.1) is 0 Å². The number of rotatable bonds is 6. The van der Waals surface area contributed by atoms with Gasteiger partial charge in [-0.2, -0.15) is 13.2 Å². The summed E-state index contributed by atoms with van der Waals surface area (Å²) in [5.74, 6) is -0.735. The maximum atomic E-state index is 11.9. The number of benzene rings is 1. The van der Waals surface area contributed by atoms with Crippen molar-refractivity contribution in [3.05, 3.63) is 33.9 Å². The van der Waals surface area contributed by atoms with Crippen molar-refractivity contribution in [1.29, 1.82) is 0 Å². The summed E-state index contributed by atoms with van der Waals surface area (Å²) in [4.78, 5) is 21.9. The van der Waals surface area contributed by atoms with Crippen molar-refractivity contribution in [2.75, 3.05) is 12.3 Å². The number of halogens is 3. The molecule has 0 aliphatic rings. The number of alkyl halides is 3. The molecule has 0 fully saturated rings. The highest BCUT2D eigenvalue weighted by molar-refractivity contribution is 6.00. The van der Waals surface area contributed by atoms with E-state index in [4.69, 9.17) is 5.73 Å². The van der Waals surface area contributed by atoms with Gasteiger partial charge in [0, 0.05) is 13.0 Å². The van der Waals surface area contributed by atoms with E-state index < -0.39 is 29.1 Å². The maximum Gasteiger partial charge on any atom is 0.389 e. The van der Waals surface area contributed by atoms with E-state index >= 15 is 0 Å². The van der Waals surface area contributed by atoms with Gasteiger partial charge in [-0.05, 0) is 25.0 Å². The molecule has 3 N–H and O–H groups in total. The summed E-state index contributed by atoms with van der Waals surface area (Å²) in [6.45, 7) is 0.000860. The standard InChI is InChI=1S/C12H14F3N3O3/c13-12(14,15)6-1-2-7-17-11(19)8-4-3-5-9(16)10(8)18(20)21/h3-5H,1-2,6-7,16H2,(H,17,19). The second-order valence-electron chi connectivity index (χ2n) is 4.33. The predicted molar refractivity (Wildman–Crippen MR) is 69.7 cm³/mol. The van der Waals surface area contributed by atoms with Crippen LogP contribution in [0.5, 0.6) is 0 Å². The minimum absolute atomic E-state index is 0.000860. The molecular weight excluding hydrogens is 291 g/mol. The lowest BCUT2D eigenvalue weighted by Gasteiger charge is -2.08. The lowest BCUT2D eigenvalue weighted by atomic mass is 10.1. The number of hydrogen-bond acceptors (Lipinski definition) is 4. The molecule has 0 unspecified atom stereocenters. The van der Waals surface area contributed by atoms with Gasteiger partial charge in [0.25, 0.3) is 5.91 Å². The van der Waals surface area contributed by atoms with Crippen LogP contribution in [0.4, 0.5) is 24.5 Å². The van der Waals surface area contributed by atoms with Gasteiger partial charge < -0.3 is 11.1 Å². The van der Waals surface area contributed by atoms with Gasteiger partial charge in [0.05, 0.1) is 4.92 Å². The van der Waals surface area contributed by atoms with Crippen LogP contribution in [-0.2, 0) is 0 Å². The quantitative estimate of drug-likeness (QED) is 0.365. The van der Waals surface area contributed by atoms with Crippen LogP contribution < -0.4 is 11.1 Å². The van der Waals surface area contributed by atoms with Crippen LogP contribution in [-0.4, -0.2) is 23.6 Å². The molecule has 6 nitrogen and oxygen atoms in total. The molecule has 0 aliphatic heterocycles. The fourth-order valence-electron chi connectivity index (χ4n) is 1.70. The SMILES string of the molecule is Nc1cccc(C(=O)NCCCCC(F)(F)F)c1[N+](=O)[O-]. The second kappa shape index (κ2) is 6.91. The van der Waals surface area contributed by atoms with Crippen molar-refractivity contribution in [3.8, 4) is 0 Å². The Morgan fingerprint density at radius 1 is 1.33 bits per heavy atom. The zero-order valence-electron chi connectivity index (χ0n) is 10.9. The van der Waals surface area contributed by atoms with Crippen LogP contribution in [0.3, 0.4) is 0 Å². The van der Waals surface area contributed by atoms with E-state index in [1.807, 2.05) is 0 Å². The third kappa shape index (κ3) is 5.28. The molecule has 1 aromatic carbocycles. The molecule has 0 heterocycles. The van der Waals surface area contributed by atoms with Crippen molar-refractivity contribution in [2.45, 2.75) is 25.4 Å². The van der Waals surface area contributed by atoms with Crippen molar-refractivity contribution in [2.24, 2.45) is 0 Å². The number of nitrogen functional groups attached to an aromatic ring is 1. The number of para-hydroxylation sites is 1. The number of nitro benzene ring substituents is 1. The molecule has 0 bridgehead atoms. The Labute approximate surface area is 118 Å². The molecule has 1 aromatic rings. The molecule has 0 aromatic heterocycles. The van der Waals surface area contributed by atoms with Crippen LogP contribution in [0.1, 0.15) is 29.6 Å². The molecule has 21 heavy (non-hydrogen) atoms. The van der Waals surface area contributed by atoms with Gasteiger partial charge >= 0.3 is 11.9 Å². The average Bonchev–Trinajstić information content (AvgIpc) is 2.35. The van der Waals surface area contributed by atoms with Gasteiger partial charge in [0.1, 0.15) is 11.3 Å². The molecular formula is C12H14F3N3O3. The number of hydrogen-bond donors (Lipinski definition) is 2. The smallest absolute Gasteiger partial charge is 0.389 e. The minimum atomic E-state index is -4.23. The van der Waals surface area contributed by atoms with Crippen molar-refractivity contribution < 1.29 is 22.9 Å². The highest BCUT2D eigenvalue weighted by Crippen LogP contribution is 2.26. The average molecular weight is 305 g/mol. The molecule has 0 spiro atoms. The zero-order chi connectivity index (χ0) is 16.0. The predicted octanol–water partition coefficient (Wildman–Crippen LogP) is 2.64. The number of anilines is 1. The van der Waals surface area contributed by atoms with Gasteiger partial charge in [0.2, 0.25) is 0 Å². The minimum Gasteiger partial charge on any atom is -0.393 e. The molecule has 0 atom stereocenters. The number of nitro groups is 1. The molecule has 116 valence electrons.